The second-order valence-corrected chi connectivity index (χ2v) is 8.40. The summed E-state index contributed by atoms with van der Waals surface area (Å²) in [7, 11) is 1.63. The van der Waals surface area contributed by atoms with Gasteiger partial charge in [0.05, 0.1) is 24.6 Å². The highest BCUT2D eigenvalue weighted by molar-refractivity contribution is 7.99. The molecule has 2 heterocycles. The van der Waals surface area contributed by atoms with Crippen molar-refractivity contribution in [3.8, 4) is 22.9 Å². The van der Waals surface area contributed by atoms with Crippen LogP contribution in [0.25, 0.3) is 11.4 Å². The van der Waals surface area contributed by atoms with Gasteiger partial charge in [-0.05, 0) is 42.0 Å². The maximum Gasteiger partial charge on any atom is 0.238 e. The zero-order valence-corrected chi connectivity index (χ0v) is 18.8. The summed E-state index contributed by atoms with van der Waals surface area (Å²) >= 11 is 1.31. The van der Waals surface area contributed by atoms with Gasteiger partial charge in [-0.1, -0.05) is 54.2 Å². The van der Waals surface area contributed by atoms with Crippen molar-refractivity contribution in [2.75, 3.05) is 24.4 Å². The number of aromatic amines is 1. The van der Waals surface area contributed by atoms with Crippen LogP contribution in [0.3, 0.4) is 0 Å². The lowest BCUT2D eigenvalue weighted by Crippen LogP contribution is -2.42. The van der Waals surface area contributed by atoms with Gasteiger partial charge >= 0.3 is 0 Å². The van der Waals surface area contributed by atoms with Crippen LogP contribution in [0.5, 0.6) is 11.5 Å². The lowest BCUT2D eigenvalue weighted by atomic mass is 10.0. The minimum absolute atomic E-state index is 0.0274. The molecule has 0 unspecified atom stereocenters. The molecule has 0 fully saturated rings. The molecule has 1 aliphatic heterocycles. The number of H-pyrrole nitrogens is 1. The van der Waals surface area contributed by atoms with Gasteiger partial charge in [0.1, 0.15) is 18.1 Å². The van der Waals surface area contributed by atoms with E-state index in [1.165, 1.54) is 11.8 Å². The van der Waals surface area contributed by atoms with Crippen LogP contribution in [0.1, 0.15) is 11.6 Å². The molecule has 1 atom stereocenters. The number of nitrogens with zero attached hydrogens (tertiary/aromatic N) is 3. The molecule has 0 bridgehead atoms. The van der Waals surface area contributed by atoms with E-state index >= 15 is 0 Å². The van der Waals surface area contributed by atoms with Gasteiger partial charge in [-0.2, -0.15) is 0 Å². The van der Waals surface area contributed by atoms with Gasteiger partial charge in [0.15, 0.2) is 5.82 Å². The van der Waals surface area contributed by atoms with Crippen molar-refractivity contribution in [1.29, 1.82) is 0 Å². The summed E-state index contributed by atoms with van der Waals surface area (Å²) in [5.41, 5.74) is 2.70. The molecule has 8 heteroatoms. The molecule has 1 aromatic heterocycles. The number of carbonyl (C=O) groups is 1. The third-order valence-corrected chi connectivity index (χ3v) is 6.27. The summed E-state index contributed by atoms with van der Waals surface area (Å²) in [4.78, 5) is 19.8. The van der Waals surface area contributed by atoms with E-state index in [0.29, 0.717) is 23.3 Å². The Bertz CT molecular complexity index is 1240. The maximum atomic E-state index is 13.4. The number of anilines is 1. The quantitative estimate of drug-likeness (QED) is 0.421. The molecule has 1 N–H and O–H groups in total. The van der Waals surface area contributed by atoms with E-state index in [-0.39, 0.29) is 17.7 Å². The number of rotatable bonds is 6. The van der Waals surface area contributed by atoms with Crippen LogP contribution in [-0.2, 0) is 4.79 Å². The van der Waals surface area contributed by atoms with Crippen LogP contribution in [0.4, 0.5) is 5.69 Å². The van der Waals surface area contributed by atoms with Crippen LogP contribution in [0.15, 0.2) is 84.0 Å². The smallest absolute Gasteiger partial charge is 0.238 e. The van der Waals surface area contributed by atoms with E-state index in [9.17, 15) is 4.79 Å². The molecule has 1 aliphatic rings. The number of hydrogen-bond acceptors (Lipinski definition) is 6. The third-order valence-electron chi connectivity index (χ3n) is 5.44. The number of amides is 1. The Morgan fingerprint density at radius 2 is 1.85 bits per heavy atom. The number of nitrogens with one attached hydrogen (secondary N) is 1. The molecule has 0 saturated carbocycles. The number of carbonyl (C=O) groups excluding carboxylic acids is 1. The molecule has 33 heavy (non-hydrogen) atoms. The Balaban J connectivity index is 1.34. The van der Waals surface area contributed by atoms with Gasteiger partial charge in [-0.25, -0.2) is 4.98 Å². The van der Waals surface area contributed by atoms with Gasteiger partial charge in [0, 0.05) is 5.56 Å². The molecule has 5 rings (SSSR count). The molecule has 0 aliphatic carbocycles. The number of para-hydroxylation sites is 2. The molecule has 0 spiro atoms. The summed E-state index contributed by atoms with van der Waals surface area (Å²) in [6.07, 6.45) is 0. The highest BCUT2D eigenvalue weighted by atomic mass is 32.2. The van der Waals surface area contributed by atoms with Crippen molar-refractivity contribution in [2.45, 2.75) is 11.2 Å². The predicted octanol–water partition coefficient (Wildman–Crippen LogP) is 4.74. The fraction of sp³-hybridized carbons (Fsp3) is 0.160. The highest BCUT2D eigenvalue weighted by Gasteiger charge is 2.33. The van der Waals surface area contributed by atoms with Crippen molar-refractivity contribution >= 4 is 23.4 Å². The molecular weight excluding hydrogens is 436 g/mol. The van der Waals surface area contributed by atoms with Crippen LogP contribution < -0.4 is 14.4 Å². The molecule has 1 amide bonds. The van der Waals surface area contributed by atoms with Crippen molar-refractivity contribution in [1.82, 2.24) is 15.2 Å². The van der Waals surface area contributed by atoms with E-state index in [0.717, 1.165) is 22.6 Å². The standard InChI is InChI=1S/C25H22N4O3S/c1-31-19-13-11-18(12-14-19)24-26-25(28-27-24)33-16-23(30)29-20-9-5-6-10-22(20)32-15-21(29)17-7-3-2-4-8-17/h2-14,21H,15-16H2,1H3,(H,26,27,28)/t21-/m0/s1. The minimum atomic E-state index is -0.198. The summed E-state index contributed by atoms with van der Waals surface area (Å²) in [6, 6.07) is 24.9. The SMILES string of the molecule is COc1ccc(-c2nc(SCC(=O)N3c4ccccc4OC[C@H]3c3ccccc3)n[nH]2)cc1. The number of thioether (sulfide) groups is 1. The summed E-state index contributed by atoms with van der Waals surface area (Å²) < 4.78 is 11.2. The van der Waals surface area contributed by atoms with Gasteiger partial charge in [-0.15, -0.1) is 5.10 Å². The first-order chi connectivity index (χ1) is 16.2. The van der Waals surface area contributed by atoms with Gasteiger partial charge in [0.25, 0.3) is 0 Å². The molecule has 4 aromatic rings. The van der Waals surface area contributed by atoms with Crippen LogP contribution >= 0.6 is 11.8 Å². The lowest BCUT2D eigenvalue weighted by molar-refractivity contribution is -0.117. The zero-order chi connectivity index (χ0) is 22.6. The van der Waals surface area contributed by atoms with E-state index in [2.05, 4.69) is 15.2 Å². The van der Waals surface area contributed by atoms with Crippen LogP contribution in [0.2, 0.25) is 0 Å². The Hall–Kier alpha value is -3.78. The lowest BCUT2D eigenvalue weighted by Gasteiger charge is -2.37. The number of hydrogen-bond donors (Lipinski definition) is 1. The van der Waals surface area contributed by atoms with Crippen molar-refractivity contribution < 1.29 is 14.3 Å². The average Bonchev–Trinajstić information content (AvgIpc) is 3.36. The van der Waals surface area contributed by atoms with Crippen LogP contribution in [-0.4, -0.2) is 40.6 Å². The second kappa shape index (κ2) is 9.38. The number of methoxy groups -OCH3 is 1. The average molecular weight is 459 g/mol. The first-order valence-electron chi connectivity index (χ1n) is 10.5. The first kappa shape index (κ1) is 21.1. The Kier molecular flexibility index (Phi) is 5.99. The minimum Gasteiger partial charge on any atom is -0.497 e. The number of benzene rings is 3. The summed E-state index contributed by atoms with van der Waals surface area (Å²) in [5.74, 6) is 2.31. The van der Waals surface area contributed by atoms with E-state index in [1.54, 1.807) is 7.11 Å². The van der Waals surface area contributed by atoms with Crippen molar-refractivity contribution in [3.63, 3.8) is 0 Å². The second-order valence-electron chi connectivity index (χ2n) is 7.45. The van der Waals surface area contributed by atoms with Crippen molar-refractivity contribution in [3.05, 3.63) is 84.4 Å². The molecule has 7 nitrogen and oxygen atoms in total. The van der Waals surface area contributed by atoms with E-state index in [1.807, 2.05) is 83.8 Å². The molecule has 166 valence electrons. The van der Waals surface area contributed by atoms with Gasteiger partial charge in [-0.3, -0.25) is 14.8 Å². The summed E-state index contributed by atoms with van der Waals surface area (Å²) in [5, 5.41) is 7.74. The maximum absolute atomic E-state index is 13.4. The summed E-state index contributed by atoms with van der Waals surface area (Å²) in [6.45, 7) is 0.402. The first-order valence-corrected chi connectivity index (χ1v) is 11.5. The molecule has 3 aromatic carbocycles. The number of fused-ring (bicyclic) bond motifs is 1. The van der Waals surface area contributed by atoms with E-state index in [4.69, 9.17) is 9.47 Å². The molecular formula is C25H22N4O3S. The monoisotopic (exact) mass is 458 g/mol. The van der Waals surface area contributed by atoms with Crippen molar-refractivity contribution in [2.24, 2.45) is 0 Å². The Morgan fingerprint density at radius 3 is 2.64 bits per heavy atom. The normalized spacial score (nSPS) is 14.9. The number of ether oxygens (including phenoxy) is 2. The fourth-order valence-electron chi connectivity index (χ4n) is 3.80. The van der Waals surface area contributed by atoms with Gasteiger partial charge in [0.2, 0.25) is 11.1 Å². The predicted molar refractivity (Wildman–Crippen MR) is 128 cm³/mol. The van der Waals surface area contributed by atoms with Gasteiger partial charge < -0.3 is 9.47 Å². The number of aromatic nitrogens is 3. The zero-order valence-electron chi connectivity index (χ0n) is 18.0. The third kappa shape index (κ3) is 4.42. The Morgan fingerprint density at radius 1 is 1.09 bits per heavy atom. The largest absolute Gasteiger partial charge is 0.497 e. The highest BCUT2D eigenvalue weighted by Crippen LogP contribution is 2.39. The molecule has 0 radical (unpaired) electrons. The molecule has 0 saturated heterocycles. The fourth-order valence-corrected chi connectivity index (χ4v) is 4.46. The van der Waals surface area contributed by atoms with Crippen LogP contribution in [0, 0.1) is 0 Å². The van der Waals surface area contributed by atoms with E-state index < -0.39 is 0 Å². The topological polar surface area (TPSA) is 80.3 Å². The Labute approximate surface area is 195 Å².